The Morgan fingerprint density at radius 1 is 1.25 bits per heavy atom. The van der Waals surface area contributed by atoms with Gasteiger partial charge in [0.15, 0.2) is 0 Å². The Morgan fingerprint density at radius 3 is 2.75 bits per heavy atom. The number of anilines is 2. The maximum atomic E-state index is 12.1. The van der Waals surface area contributed by atoms with E-state index in [-0.39, 0.29) is 5.91 Å². The number of methoxy groups -OCH3 is 1. The van der Waals surface area contributed by atoms with Crippen molar-refractivity contribution in [3.63, 3.8) is 0 Å². The van der Waals surface area contributed by atoms with Gasteiger partial charge < -0.3 is 20.3 Å². The van der Waals surface area contributed by atoms with Gasteiger partial charge >= 0.3 is 0 Å². The highest BCUT2D eigenvalue weighted by Gasteiger charge is 2.07. The van der Waals surface area contributed by atoms with Gasteiger partial charge in [0.2, 0.25) is 5.88 Å². The lowest BCUT2D eigenvalue weighted by Crippen LogP contribution is -2.29. The molecule has 0 aromatic carbocycles. The number of amides is 1. The van der Waals surface area contributed by atoms with E-state index in [1.165, 1.54) is 7.11 Å². The summed E-state index contributed by atoms with van der Waals surface area (Å²) >= 11 is 0. The number of aryl methyl sites for hydroxylation is 1. The Hall–Kier alpha value is -2.90. The number of nitrogens with zero attached hydrogens (tertiary/aromatic N) is 4. The predicted octanol–water partition coefficient (Wildman–Crippen LogP) is 1.10. The number of hydrogen-bond acceptors (Lipinski definition) is 7. The molecule has 0 saturated heterocycles. The molecule has 0 bridgehead atoms. The fourth-order valence-electron chi connectivity index (χ4n) is 2.00. The molecule has 8 heteroatoms. The zero-order chi connectivity index (χ0) is 17.5. The molecule has 0 atom stereocenters. The molecule has 0 fully saturated rings. The van der Waals surface area contributed by atoms with E-state index < -0.39 is 0 Å². The van der Waals surface area contributed by atoms with Crippen molar-refractivity contribution in [1.29, 1.82) is 0 Å². The average Bonchev–Trinajstić information content (AvgIpc) is 2.58. The van der Waals surface area contributed by atoms with Gasteiger partial charge in [0.25, 0.3) is 5.91 Å². The van der Waals surface area contributed by atoms with Gasteiger partial charge in [-0.3, -0.25) is 4.79 Å². The van der Waals surface area contributed by atoms with Gasteiger partial charge in [-0.25, -0.2) is 15.0 Å². The Kier molecular flexibility index (Phi) is 5.89. The summed E-state index contributed by atoms with van der Waals surface area (Å²) in [5, 5.41) is 6.01. The van der Waals surface area contributed by atoms with Gasteiger partial charge in [0, 0.05) is 51.1 Å². The van der Waals surface area contributed by atoms with Gasteiger partial charge in [0.05, 0.1) is 7.11 Å². The lowest BCUT2D eigenvalue weighted by molar-refractivity contribution is 0.0954. The molecule has 0 aliphatic carbocycles. The van der Waals surface area contributed by atoms with Crippen molar-refractivity contribution in [3.05, 3.63) is 35.8 Å². The first-order valence-electron chi connectivity index (χ1n) is 7.54. The number of carbonyl (C=O) groups excluding carboxylic acids is 1. The van der Waals surface area contributed by atoms with Crippen LogP contribution in [-0.4, -0.2) is 55.2 Å². The fourth-order valence-corrected chi connectivity index (χ4v) is 2.00. The van der Waals surface area contributed by atoms with E-state index in [2.05, 4.69) is 25.6 Å². The van der Waals surface area contributed by atoms with E-state index in [1.54, 1.807) is 18.3 Å². The van der Waals surface area contributed by atoms with Crippen molar-refractivity contribution < 1.29 is 9.53 Å². The molecule has 0 unspecified atom stereocenters. The average molecular weight is 330 g/mol. The van der Waals surface area contributed by atoms with Crippen molar-refractivity contribution in [1.82, 2.24) is 20.3 Å². The van der Waals surface area contributed by atoms with Gasteiger partial charge in [-0.2, -0.15) is 0 Å². The highest BCUT2D eigenvalue weighted by molar-refractivity contribution is 5.94. The summed E-state index contributed by atoms with van der Waals surface area (Å²) in [6.45, 7) is 2.86. The topological polar surface area (TPSA) is 92.3 Å². The monoisotopic (exact) mass is 330 g/mol. The molecule has 0 radical (unpaired) electrons. The van der Waals surface area contributed by atoms with Crippen molar-refractivity contribution in [2.24, 2.45) is 0 Å². The van der Waals surface area contributed by atoms with E-state index in [9.17, 15) is 4.79 Å². The van der Waals surface area contributed by atoms with Crippen LogP contribution in [0.3, 0.4) is 0 Å². The van der Waals surface area contributed by atoms with Crippen LogP contribution in [0.25, 0.3) is 0 Å². The van der Waals surface area contributed by atoms with Crippen molar-refractivity contribution in [2.75, 3.05) is 44.5 Å². The molecular weight excluding hydrogens is 308 g/mol. The Balaban J connectivity index is 1.85. The number of ether oxygens (including phenoxy) is 1. The molecule has 0 aliphatic heterocycles. The Morgan fingerprint density at radius 2 is 2.04 bits per heavy atom. The van der Waals surface area contributed by atoms with Crippen LogP contribution in [0.1, 0.15) is 16.2 Å². The van der Waals surface area contributed by atoms with E-state index in [0.29, 0.717) is 30.4 Å². The lowest BCUT2D eigenvalue weighted by Gasteiger charge is -2.14. The molecule has 2 aromatic rings. The number of nitrogens with one attached hydrogen (secondary N) is 2. The minimum absolute atomic E-state index is 0.176. The molecule has 128 valence electrons. The van der Waals surface area contributed by atoms with Crippen LogP contribution in [0.15, 0.2) is 24.4 Å². The first-order chi connectivity index (χ1) is 11.5. The molecule has 2 N–H and O–H groups in total. The van der Waals surface area contributed by atoms with Gasteiger partial charge in [-0.1, -0.05) is 0 Å². The van der Waals surface area contributed by atoms with Crippen molar-refractivity contribution in [3.8, 4) is 5.88 Å². The van der Waals surface area contributed by atoms with Crippen molar-refractivity contribution in [2.45, 2.75) is 6.92 Å². The largest absolute Gasteiger partial charge is 0.481 e. The number of carbonyl (C=O) groups is 1. The molecule has 0 aliphatic rings. The molecule has 24 heavy (non-hydrogen) atoms. The van der Waals surface area contributed by atoms with E-state index >= 15 is 0 Å². The summed E-state index contributed by atoms with van der Waals surface area (Å²) in [7, 11) is 5.36. The molecule has 0 saturated carbocycles. The van der Waals surface area contributed by atoms with Crippen molar-refractivity contribution >= 4 is 17.5 Å². The second-order valence-corrected chi connectivity index (χ2v) is 5.32. The molecule has 1 amide bonds. The minimum atomic E-state index is -0.176. The quantitative estimate of drug-likeness (QED) is 0.734. The fraction of sp³-hybridized carbons (Fsp3) is 0.375. The van der Waals surface area contributed by atoms with E-state index in [4.69, 9.17) is 4.74 Å². The third-order valence-corrected chi connectivity index (χ3v) is 3.21. The van der Waals surface area contributed by atoms with E-state index in [0.717, 1.165) is 11.6 Å². The highest BCUT2D eigenvalue weighted by atomic mass is 16.5. The van der Waals surface area contributed by atoms with Crippen LogP contribution in [0.4, 0.5) is 11.6 Å². The van der Waals surface area contributed by atoms with Crippen LogP contribution < -0.4 is 20.3 Å². The first kappa shape index (κ1) is 17.5. The van der Waals surface area contributed by atoms with Crippen LogP contribution in [0.5, 0.6) is 5.88 Å². The lowest BCUT2D eigenvalue weighted by atomic mass is 10.2. The molecule has 0 spiro atoms. The summed E-state index contributed by atoms with van der Waals surface area (Å²) in [6.07, 6.45) is 1.54. The molecule has 8 nitrogen and oxygen atoms in total. The van der Waals surface area contributed by atoms with Gasteiger partial charge in [-0.15, -0.1) is 0 Å². The second-order valence-electron chi connectivity index (χ2n) is 5.32. The second kappa shape index (κ2) is 8.09. The smallest absolute Gasteiger partial charge is 0.251 e. The molecule has 2 aromatic heterocycles. The standard InChI is InChI=1S/C16H22N6O2/c1-11-20-13(10-14(21-11)22(2)3)17-7-8-19-16(23)12-5-6-18-15(9-12)24-4/h5-6,9-10H,7-8H2,1-4H3,(H,19,23)(H,17,20,21). The van der Waals surface area contributed by atoms with Crippen LogP contribution in [0, 0.1) is 6.92 Å². The first-order valence-corrected chi connectivity index (χ1v) is 7.54. The number of rotatable bonds is 7. The molecule has 2 rings (SSSR count). The maximum Gasteiger partial charge on any atom is 0.251 e. The van der Waals surface area contributed by atoms with Gasteiger partial charge in [0.1, 0.15) is 17.5 Å². The summed E-state index contributed by atoms with van der Waals surface area (Å²) in [4.78, 5) is 26.6. The summed E-state index contributed by atoms with van der Waals surface area (Å²) < 4.78 is 5.01. The highest BCUT2D eigenvalue weighted by Crippen LogP contribution is 2.13. The number of aromatic nitrogens is 3. The zero-order valence-electron chi connectivity index (χ0n) is 14.3. The summed E-state index contributed by atoms with van der Waals surface area (Å²) in [5.41, 5.74) is 0.509. The zero-order valence-corrected chi connectivity index (χ0v) is 14.3. The SMILES string of the molecule is COc1cc(C(=O)NCCNc2cc(N(C)C)nc(C)n2)ccn1. The summed E-state index contributed by atoms with van der Waals surface area (Å²) in [6, 6.07) is 5.10. The Bertz CT molecular complexity index is 705. The minimum Gasteiger partial charge on any atom is -0.481 e. The maximum absolute atomic E-state index is 12.1. The van der Waals surface area contributed by atoms with Gasteiger partial charge in [-0.05, 0) is 13.0 Å². The number of hydrogen-bond donors (Lipinski definition) is 2. The normalized spacial score (nSPS) is 10.2. The van der Waals surface area contributed by atoms with Crippen LogP contribution >= 0.6 is 0 Å². The Labute approximate surface area is 141 Å². The molecular formula is C16H22N6O2. The van der Waals surface area contributed by atoms with Crippen LogP contribution in [0.2, 0.25) is 0 Å². The third kappa shape index (κ3) is 4.80. The van der Waals surface area contributed by atoms with E-state index in [1.807, 2.05) is 32.0 Å². The molecule has 2 heterocycles. The third-order valence-electron chi connectivity index (χ3n) is 3.21. The van der Waals surface area contributed by atoms with Crippen LogP contribution in [-0.2, 0) is 0 Å². The number of pyridine rings is 1. The summed E-state index contributed by atoms with van der Waals surface area (Å²) in [5.74, 6) is 2.49. The predicted molar refractivity (Wildman–Crippen MR) is 92.7 cm³/mol.